The maximum atomic E-state index is 12.4. The molecule has 2 rings (SSSR count). The van der Waals surface area contributed by atoms with Gasteiger partial charge in [-0.2, -0.15) is 5.26 Å². The molecule has 2 aromatic rings. The Morgan fingerprint density at radius 1 is 1.43 bits per heavy atom. The van der Waals surface area contributed by atoms with Crippen LogP contribution in [-0.2, 0) is 0 Å². The highest BCUT2D eigenvalue weighted by Crippen LogP contribution is 2.20. The lowest BCUT2D eigenvalue weighted by Gasteiger charge is -2.16. The molecule has 0 fully saturated rings. The maximum Gasteiger partial charge on any atom is 0.258 e. The average Bonchev–Trinajstić information content (AvgIpc) is 3.00. The van der Waals surface area contributed by atoms with Crippen molar-refractivity contribution < 1.29 is 9.90 Å². The van der Waals surface area contributed by atoms with Crippen molar-refractivity contribution in [3.8, 4) is 17.9 Å². The first-order valence-corrected chi connectivity index (χ1v) is 7.00. The highest BCUT2D eigenvalue weighted by atomic mass is 32.1. The van der Waals surface area contributed by atoms with Crippen molar-refractivity contribution in [2.75, 3.05) is 18.6 Å². The number of nitrogens with zero attached hydrogens (tertiary/aromatic N) is 2. The number of hydrogen-bond acceptors (Lipinski definition) is 4. The number of thiophene rings is 1. The molecule has 1 amide bonds. The molecule has 0 radical (unpaired) electrons. The molecule has 0 atom stereocenters. The Morgan fingerprint density at radius 2 is 2.24 bits per heavy atom. The summed E-state index contributed by atoms with van der Waals surface area (Å²) in [4.78, 5) is 14.6. The molecular weight excluding hydrogens is 284 g/mol. The van der Waals surface area contributed by atoms with Crippen molar-refractivity contribution in [1.29, 1.82) is 5.26 Å². The third-order valence-corrected chi connectivity index (χ3v) is 3.65. The minimum absolute atomic E-state index is 0.168. The maximum absolute atomic E-state index is 12.4. The van der Waals surface area contributed by atoms with Gasteiger partial charge in [-0.25, -0.2) is 0 Å². The lowest BCUT2D eigenvalue weighted by molar-refractivity contribution is 0.0993. The van der Waals surface area contributed by atoms with Gasteiger partial charge in [0.25, 0.3) is 5.91 Å². The zero-order chi connectivity index (χ0) is 15.2. The van der Waals surface area contributed by atoms with E-state index < -0.39 is 0 Å². The van der Waals surface area contributed by atoms with E-state index in [-0.39, 0.29) is 12.5 Å². The second kappa shape index (κ2) is 6.71. The minimum atomic E-state index is -0.206. The molecule has 0 aliphatic carbocycles. The first-order chi connectivity index (χ1) is 10.2. The number of benzene rings is 1. The van der Waals surface area contributed by atoms with Crippen molar-refractivity contribution >= 4 is 22.9 Å². The van der Waals surface area contributed by atoms with Crippen LogP contribution in [-0.4, -0.2) is 24.7 Å². The molecule has 21 heavy (non-hydrogen) atoms. The lowest BCUT2D eigenvalue weighted by atomic mass is 10.2. The molecule has 0 aliphatic heterocycles. The Bertz CT molecular complexity index is 762. The highest BCUT2D eigenvalue weighted by molar-refractivity contribution is 7.10. The van der Waals surface area contributed by atoms with Gasteiger partial charge < -0.3 is 10.0 Å². The minimum Gasteiger partial charge on any atom is -0.384 e. The SMILES string of the molecule is CN(C(=O)c1csc(C#CCO)c1)c1cccc(C#N)c1. The first kappa shape index (κ1) is 14.8. The Hall–Kier alpha value is -2.60. The fourth-order valence-electron chi connectivity index (χ4n) is 1.74. The number of carbonyl (C=O) groups excluding carboxylic acids is 1. The number of aliphatic hydroxyl groups is 1. The summed E-state index contributed by atoms with van der Waals surface area (Å²) in [6, 6.07) is 10.6. The van der Waals surface area contributed by atoms with Crippen LogP contribution in [0, 0.1) is 23.2 Å². The van der Waals surface area contributed by atoms with E-state index in [4.69, 9.17) is 10.4 Å². The fourth-order valence-corrected chi connectivity index (χ4v) is 2.48. The Labute approximate surface area is 126 Å². The smallest absolute Gasteiger partial charge is 0.258 e. The summed E-state index contributed by atoms with van der Waals surface area (Å²) in [5.41, 5.74) is 1.70. The summed E-state index contributed by atoms with van der Waals surface area (Å²) < 4.78 is 0. The van der Waals surface area contributed by atoms with Gasteiger partial charge in [0.2, 0.25) is 0 Å². The number of aliphatic hydroxyl groups excluding tert-OH is 1. The molecular formula is C16H12N2O2S. The summed E-state index contributed by atoms with van der Waals surface area (Å²) in [6.07, 6.45) is 0. The third-order valence-electron chi connectivity index (χ3n) is 2.80. The molecule has 1 N–H and O–H groups in total. The van der Waals surface area contributed by atoms with Gasteiger partial charge in [-0.15, -0.1) is 11.3 Å². The Kier molecular flexibility index (Phi) is 4.73. The third kappa shape index (κ3) is 3.49. The van der Waals surface area contributed by atoms with E-state index in [1.54, 1.807) is 42.8 Å². The normalized spacial score (nSPS) is 9.38. The molecule has 1 aromatic heterocycles. The number of rotatable bonds is 2. The topological polar surface area (TPSA) is 64.3 Å². The van der Waals surface area contributed by atoms with Gasteiger partial charge in [0.05, 0.1) is 22.1 Å². The standard InChI is InChI=1S/C16H12N2O2S/c1-18(14-5-2-4-12(8-14)10-17)16(20)13-9-15(21-11-13)6-3-7-19/h2,4-5,8-9,11,19H,7H2,1H3. The number of nitriles is 1. The second-order valence-corrected chi connectivity index (χ2v) is 5.10. The molecule has 1 aromatic carbocycles. The van der Waals surface area contributed by atoms with Crippen molar-refractivity contribution in [2.24, 2.45) is 0 Å². The van der Waals surface area contributed by atoms with Crippen LogP contribution in [0.1, 0.15) is 20.8 Å². The van der Waals surface area contributed by atoms with Crippen LogP contribution in [0.2, 0.25) is 0 Å². The molecule has 0 unspecified atom stereocenters. The summed E-state index contributed by atoms with van der Waals surface area (Å²) in [6.45, 7) is -0.206. The summed E-state index contributed by atoms with van der Waals surface area (Å²) in [5.74, 6) is 5.15. The Morgan fingerprint density at radius 3 is 2.95 bits per heavy atom. The van der Waals surface area contributed by atoms with Crippen molar-refractivity contribution in [2.45, 2.75) is 0 Å². The van der Waals surface area contributed by atoms with Crippen LogP contribution >= 0.6 is 11.3 Å². The zero-order valence-corrected chi connectivity index (χ0v) is 12.1. The Balaban J connectivity index is 2.22. The highest BCUT2D eigenvalue weighted by Gasteiger charge is 2.15. The molecule has 5 heteroatoms. The van der Waals surface area contributed by atoms with Crippen LogP contribution in [0.3, 0.4) is 0 Å². The van der Waals surface area contributed by atoms with E-state index in [0.717, 1.165) is 4.88 Å². The fraction of sp³-hybridized carbons (Fsp3) is 0.125. The molecule has 0 spiro atoms. The predicted molar refractivity (Wildman–Crippen MR) is 82.2 cm³/mol. The molecule has 0 bridgehead atoms. The largest absolute Gasteiger partial charge is 0.384 e. The number of amides is 1. The number of anilines is 1. The predicted octanol–water partition coefficient (Wildman–Crippen LogP) is 2.24. The van der Waals surface area contributed by atoms with E-state index in [2.05, 4.69) is 17.9 Å². The van der Waals surface area contributed by atoms with Gasteiger partial charge in [-0.3, -0.25) is 4.79 Å². The van der Waals surface area contributed by atoms with E-state index in [1.165, 1.54) is 16.2 Å². The molecule has 0 saturated heterocycles. The first-order valence-electron chi connectivity index (χ1n) is 6.12. The summed E-state index contributed by atoms with van der Waals surface area (Å²) >= 11 is 1.35. The summed E-state index contributed by atoms with van der Waals surface area (Å²) in [5, 5.41) is 19.3. The van der Waals surface area contributed by atoms with Gasteiger partial charge in [0.1, 0.15) is 6.61 Å². The monoisotopic (exact) mass is 296 g/mol. The van der Waals surface area contributed by atoms with Gasteiger partial charge in [-0.1, -0.05) is 17.9 Å². The molecule has 4 nitrogen and oxygen atoms in total. The zero-order valence-electron chi connectivity index (χ0n) is 11.3. The second-order valence-electron chi connectivity index (χ2n) is 4.19. The van der Waals surface area contributed by atoms with Crippen LogP contribution < -0.4 is 4.90 Å². The van der Waals surface area contributed by atoms with Crippen molar-refractivity contribution in [1.82, 2.24) is 0 Å². The number of carbonyl (C=O) groups is 1. The van der Waals surface area contributed by atoms with E-state index in [9.17, 15) is 4.79 Å². The molecule has 0 aliphatic rings. The lowest BCUT2D eigenvalue weighted by Crippen LogP contribution is -2.25. The van der Waals surface area contributed by atoms with Crippen LogP contribution in [0.15, 0.2) is 35.7 Å². The van der Waals surface area contributed by atoms with Crippen LogP contribution in [0.5, 0.6) is 0 Å². The quantitative estimate of drug-likeness (QED) is 0.864. The van der Waals surface area contributed by atoms with Gasteiger partial charge >= 0.3 is 0 Å². The van der Waals surface area contributed by atoms with Gasteiger partial charge in [0, 0.05) is 18.1 Å². The van der Waals surface area contributed by atoms with Gasteiger partial charge in [-0.05, 0) is 24.3 Å². The number of hydrogen-bond donors (Lipinski definition) is 1. The van der Waals surface area contributed by atoms with Crippen LogP contribution in [0.25, 0.3) is 0 Å². The van der Waals surface area contributed by atoms with E-state index in [0.29, 0.717) is 16.8 Å². The molecule has 1 heterocycles. The van der Waals surface area contributed by atoms with Gasteiger partial charge in [0.15, 0.2) is 0 Å². The van der Waals surface area contributed by atoms with E-state index >= 15 is 0 Å². The van der Waals surface area contributed by atoms with Crippen molar-refractivity contribution in [3.63, 3.8) is 0 Å². The molecule has 0 saturated carbocycles. The molecule has 104 valence electrons. The van der Waals surface area contributed by atoms with Crippen LogP contribution in [0.4, 0.5) is 5.69 Å². The average molecular weight is 296 g/mol. The van der Waals surface area contributed by atoms with E-state index in [1.807, 2.05) is 0 Å². The summed E-state index contributed by atoms with van der Waals surface area (Å²) in [7, 11) is 1.66. The van der Waals surface area contributed by atoms with Crippen molar-refractivity contribution in [3.05, 3.63) is 51.7 Å².